The summed E-state index contributed by atoms with van der Waals surface area (Å²) in [6.45, 7) is 4.16. The summed E-state index contributed by atoms with van der Waals surface area (Å²) in [6, 6.07) is 5.86. The van der Waals surface area contributed by atoms with E-state index in [1.165, 1.54) is 12.1 Å². The van der Waals surface area contributed by atoms with Crippen molar-refractivity contribution < 1.29 is 19.6 Å². The van der Waals surface area contributed by atoms with Gasteiger partial charge >= 0.3 is 5.97 Å². The number of allylic oxidation sites excluding steroid dienone is 1. The summed E-state index contributed by atoms with van der Waals surface area (Å²) in [6.07, 6.45) is 3.85. The molecule has 1 aromatic rings. The molecule has 0 aliphatic rings. The van der Waals surface area contributed by atoms with Crippen molar-refractivity contribution in [1.29, 1.82) is 0 Å². The topological polar surface area (TPSA) is 89.7 Å². The number of hydrogen-bond acceptors (Lipinski definition) is 4. The van der Waals surface area contributed by atoms with Gasteiger partial charge in [0, 0.05) is 12.1 Å². The molecule has 0 bridgehead atoms. The fourth-order valence-electron chi connectivity index (χ4n) is 1.95. The number of rotatable bonds is 9. The zero-order valence-corrected chi connectivity index (χ0v) is 12.8. The number of nitrogens with zero attached hydrogens (tertiary/aromatic N) is 1. The first-order valence-corrected chi connectivity index (χ1v) is 7.19. The summed E-state index contributed by atoms with van der Waals surface area (Å²) >= 11 is 0. The number of benzene rings is 1. The van der Waals surface area contributed by atoms with Gasteiger partial charge in [0.2, 0.25) is 0 Å². The third-order valence-corrected chi connectivity index (χ3v) is 3.25. The minimum absolute atomic E-state index is 0.0171. The molecule has 0 aliphatic heterocycles. The monoisotopic (exact) mass is 307 g/mol. The van der Waals surface area contributed by atoms with Gasteiger partial charge in [0.05, 0.1) is 10.8 Å². The van der Waals surface area contributed by atoms with E-state index in [1.807, 2.05) is 19.9 Å². The Morgan fingerprint density at radius 1 is 1.41 bits per heavy atom. The van der Waals surface area contributed by atoms with E-state index in [0.29, 0.717) is 25.2 Å². The van der Waals surface area contributed by atoms with Crippen LogP contribution in [0.1, 0.15) is 33.1 Å². The van der Waals surface area contributed by atoms with Crippen molar-refractivity contribution in [3.63, 3.8) is 0 Å². The Morgan fingerprint density at radius 2 is 2.05 bits per heavy atom. The molecule has 0 radical (unpaired) electrons. The zero-order valence-electron chi connectivity index (χ0n) is 12.8. The molecule has 1 aromatic carbocycles. The van der Waals surface area contributed by atoms with Crippen LogP contribution in [0.15, 0.2) is 35.9 Å². The quantitative estimate of drug-likeness (QED) is 0.425. The number of ether oxygens (including phenoxy) is 1. The third-order valence-electron chi connectivity index (χ3n) is 3.25. The Balaban J connectivity index is 2.50. The SMILES string of the molecule is CCCC(C/C=C(\C)COc1ccc([N+](=O)[O-])cc1)C(=O)O. The Kier molecular flexibility index (Phi) is 7.08. The van der Waals surface area contributed by atoms with Crippen molar-refractivity contribution in [3.8, 4) is 5.75 Å². The van der Waals surface area contributed by atoms with Crippen LogP contribution >= 0.6 is 0 Å². The Bertz CT molecular complexity index is 536. The van der Waals surface area contributed by atoms with Crippen molar-refractivity contribution in [3.05, 3.63) is 46.0 Å². The largest absolute Gasteiger partial charge is 0.489 e. The van der Waals surface area contributed by atoms with E-state index in [4.69, 9.17) is 9.84 Å². The number of carboxylic acid groups (broad SMARTS) is 1. The van der Waals surface area contributed by atoms with Crippen LogP contribution in [0.2, 0.25) is 0 Å². The van der Waals surface area contributed by atoms with Crippen LogP contribution in [0.5, 0.6) is 5.75 Å². The molecule has 6 heteroatoms. The zero-order chi connectivity index (χ0) is 16.5. The molecule has 0 saturated heterocycles. The fourth-order valence-corrected chi connectivity index (χ4v) is 1.95. The van der Waals surface area contributed by atoms with E-state index in [2.05, 4.69) is 0 Å². The molecule has 1 N–H and O–H groups in total. The molecule has 0 spiro atoms. The fraction of sp³-hybridized carbons (Fsp3) is 0.438. The number of hydrogen-bond donors (Lipinski definition) is 1. The van der Waals surface area contributed by atoms with E-state index in [0.717, 1.165) is 12.0 Å². The number of carbonyl (C=O) groups is 1. The molecule has 0 amide bonds. The maximum atomic E-state index is 11.1. The second kappa shape index (κ2) is 8.81. The predicted octanol–water partition coefficient (Wildman–Crippen LogP) is 3.81. The van der Waals surface area contributed by atoms with Gasteiger partial charge in [0.15, 0.2) is 0 Å². The molecule has 22 heavy (non-hydrogen) atoms. The van der Waals surface area contributed by atoms with Crippen LogP contribution in [0.3, 0.4) is 0 Å². The van der Waals surface area contributed by atoms with Crippen LogP contribution in [0.25, 0.3) is 0 Å². The lowest BCUT2D eigenvalue weighted by molar-refractivity contribution is -0.384. The average molecular weight is 307 g/mol. The van der Waals surface area contributed by atoms with E-state index in [9.17, 15) is 14.9 Å². The summed E-state index contributed by atoms with van der Waals surface area (Å²) in [5.74, 6) is -0.594. The number of nitro benzene ring substituents is 1. The van der Waals surface area contributed by atoms with Crippen LogP contribution < -0.4 is 4.74 Å². The maximum absolute atomic E-state index is 11.1. The number of carboxylic acids is 1. The van der Waals surface area contributed by atoms with Crippen molar-refractivity contribution in [2.45, 2.75) is 33.1 Å². The molecule has 0 aliphatic carbocycles. The lowest BCUT2D eigenvalue weighted by Gasteiger charge is -2.10. The minimum atomic E-state index is -0.776. The molecule has 1 atom stereocenters. The van der Waals surface area contributed by atoms with E-state index >= 15 is 0 Å². The summed E-state index contributed by atoms with van der Waals surface area (Å²) in [5, 5.41) is 19.6. The van der Waals surface area contributed by atoms with Gasteiger partial charge in [-0.25, -0.2) is 0 Å². The highest BCUT2D eigenvalue weighted by atomic mass is 16.6. The summed E-state index contributed by atoms with van der Waals surface area (Å²) in [5.41, 5.74) is 0.948. The average Bonchev–Trinajstić information content (AvgIpc) is 2.49. The number of nitro groups is 1. The third kappa shape index (κ3) is 5.95. The first-order valence-electron chi connectivity index (χ1n) is 7.19. The van der Waals surface area contributed by atoms with E-state index < -0.39 is 10.9 Å². The highest BCUT2D eigenvalue weighted by Gasteiger charge is 2.14. The standard InChI is InChI=1S/C16H21NO5/c1-3-4-13(16(18)19)6-5-12(2)11-22-15-9-7-14(8-10-15)17(20)21/h5,7-10,13H,3-4,6,11H2,1-2H3,(H,18,19)/b12-5+. The summed E-state index contributed by atoms with van der Waals surface area (Å²) < 4.78 is 5.52. The van der Waals surface area contributed by atoms with E-state index in [1.54, 1.807) is 12.1 Å². The van der Waals surface area contributed by atoms with Gasteiger partial charge in [-0.15, -0.1) is 0 Å². The first kappa shape index (κ1) is 17.7. The van der Waals surface area contributed by atoms with Crippen molar-refractivity contribution >= 4 is 11.7 Å². The molecule has 0 fully saturated rings. The minimum Gasteiger partial charge on any atom is -0.489 e. The molecule has 0 saturated carbocycles. The van der Waals surface area contributed by atoms with Crippen LogP contribution in [-0.2, 0) is 4.79 Å². The molecule has 0 heterocycles. The van der Waals surface area contributed by atoms with Crippen molar-refractivity contribution in [2.75, 3.05) is 6.61 Å². The number of non-ortho nitro benzene ring substituents is 1. The van der Waals surface area contributed by atoms with Gasteiger partial charge in [-0.3, -0.25) is 14.9 Å². The van der Waals surface area contributed by atoms with Crippen molar-refractivity contribution in [2.24, 2.45) is 5.92 Å². The normalized spacial score (nSPS) is 12.7. The van der Waals surface area contributed by atoms with Crippen molar-refractivity contribution in [1.82, 2.24) is 0 Å². The summed E-state index contributed by atoms with van der Waals surface area (Å²) in [7, 11) is 0. The van der Waals surface area contributed by atoms with Gasteiger partial charge in [0.1, 0.15) is 12.4 Å². The lowest BCUT2D eigenvalue weighted by Crippen LogP contribution is -2.12. The molecule has 1 rings (SSSR count). The highest BCUT2D eigenvalue weighted by molar-refractivity contribution is 5.70. The van der Waals surface area contributed by atoms with E-state index in [-0.39, 0.29) is 11.6 Å². The van der Waals surface area contributed by atoms with Crippen LogP contribution in [-0.4, -0.2) is 22.6 Å². The second-order valence-corrected chi connectivity index (χ2v) is 5.15. The smallest absolute Gasteiger partial charge is 0.306 e. The number of aliphatic carboxylic acids is 1. The molecule has 0 aromatic heterocycles. The molecular weight excluding hydrogens is 286 g/mol. The molecule has 1 unspecified atom stereocenters. The summed E-state index contributed by atoms with van der Waals surface area (Å²) in [4.78, 5) is 21.1. The van der Waals surface area contributed by atoms with Gasteiger partial charge in [-0.05, 0) is 37.5 Å². The Labute approximate surface area is 129 Å². The predicted molar refractivity (Wildman–Crippen MR) is 83.0 cm³/mol. The molecule has 6 nitrogen and oxygen atoms in total. The Morgan fingerprint density at radius 3 is 2.55 bits per heavy atom. The Hall–Kier alpha value is -2.37. The molecule has 120 valence electrons. The maximum Gasteiger partial charge on any atom is 0.306 e. The van der Waals surface area contributed by atoms with Gasteiger partial charge < -0.3 is 9.84 Å². The van der Waals surface area contributed by atoms with Gasteiger partial charge in [0.25, 0.3) is 5.69 Å². The van der Waals surface area contributed by atoms with Gasteiger partial charge in [-0.2, -0.15) is 0 Å². The first-order chi connectivity index (χ1) is 10.4. The van der Waals surface area contributed by atoms with Gasteiger partial charge in [-0.1, -0.05) is 19.4 Å². The van der Waals surface area contributed by atoms with Crippen LogP contribution in [0, 0.1) is 16.0 Å². The van der Waals surface area contributed by atoms with Crippen LogP contribution in [0.4, 0.5) is 5.69 Å². The molecular formula is C16H21NO5. The lowest BCUT2D eigenvalue weighted by atomic mass is 9.99. The second-order valence-electron chi connectivity index (χ2n) is 5.15. The highest BCUT2D eigenvalue weighted by Crippen LogP contribution is 2.18.